The van der Waals surface area contributed by atoms with Crippen LogP contribution < -0.4 is 15.4 Å². The number of aromatic nitrogens is 2. The third-order valence-corrected chi connectivity index (χ3v) is 4.86. The van der Waals surface area contributed by atoms with Crippen LogP contribution in [0.3, 0.4) is 0 Å². The number of methoxy groups -OCH3 is 1. The Kier molecular flexibility index (Phi) is 6.23. The second-order valence-corrected chi connectivity index (χ2v) is 7.38. The van der Waals surface area contributed by atoms with Crippen LogP contribution in [0.25, 0.3) is 10.6 Å². The van der Waals surface area contributed by atoms with Crippen molar-refractivity contribution in [3.63, 3.8) is 0 Å². The first-order valence-electron chi connectivity index (χ1n) is 8.31. The lowest BCUT2D eigenvalue weighted by Crippen LogP contribution is -2.23. The molecule has 144 valence electrons. The van der Waals surface area contributed by atoms with E-state index in [1.54, 1.807) is 38.3 Å². The second-order valence-electron chi connectivity index (χ2n) is 5.75. The molecular formula is C19H17ClN4O3S. The molecule has 2 aromatic carbocycles. The molecule has 1 aromatic heterocycles. The number of anilines is 2. The molecule has 2 amide bonds. The van der Waals surface area contributed by atoms with Gasteiger partial charge in [0.2, 0.25) is 11.0 Å². The Hall–Kier alpha value is -2.97. The molecule has 2 N–H and O–H groups in total. The van der Waals surface area contributed by atoms with Crippen molar-refractivity contribution in [3.05, 3.63) is 54.1 Å². The fourth-order valence-corrected chi connectivity index (χ4v) is 3.11. The molecule has 0 saturated heterocycles. The average Bonchev–Trinajstić information content (AvgIpc) is 3.16. The summed E-state index contributed by atoms with van der Waals surface area (Å²) in [6.07, 6.45) is 0. The van der Waals surface area contributed by atoms with Gasteiger partial charge >= 0.3 is 0 Å². The van der Waals surface area contributed by atoms with Crippen LogP contribution in [0.4, 0.5) is 10.8 Å². The highest BCUT2D eigenvalue weighted by Gasteiger charge is 2.17. The van der Waals surface area contributed by atoms with Crippen molar-refractivity contribution in [2.24, 2.45) is 0 Å². The Labute approximate surface area is 170 Å². The summed E-state index contributed by atoms with van der Waals surface area (Å²) in [5, 5.41) is 13.8. The van der Waals surface area contributed by atoms with E-state index in [-0.39, 0.29) is 5.91 Å². The molecule has 0 spiro atoms. The van der Waals surface area contributed by atoms with E-state index < -0.39 is 11.3 Å². The normalized spacial score (nSPS) is 11.5. The first-order chi connectivity index (χ1) is 13.5. The highest BCUT2D eigenvalue weighted by Crippen LogP contribution is 2.28. The summed E-state index contributed by atoms with van der Waals surface area (Å²) in [6, 6.07) is 14.0. The van der Waals surface area contributed by atoms with Crippen molar-refractivity contribution in [2.45, 2.75) is 12.3 Å². The van der Waals surface area contributed by atoms with Crippen molar-refractivity contribution in [3.8, 4) is 16.3 Å². The van der Waals surface area contributed by atoms with E-state index in [9.17, 15) is 9.59 Å². The lowest BCUT2D eigenvalue weighted by molar-refractivity contribution is -0.115. The zero-order valence-electron chi connectivity index (χ0n) is 15.1. The number of carbonyl (C=O) groups excluding carboxylic acids is 2. The van der Waals surface area contributed by atoms with Crippen LogP contribution >= 0.6 is 22.9 Å². The van der Waals surface area contributed by atoms with Gasteiger partial charge in [0.25, 0.3) is 5.91 Å². The summed E-state index contributed by atoms with van der Waals surface area (Å²) in [7, 11) is 1.60. The summed E-state index contributed by atoms with van der Waals surface area (Å²) in [4.78, 5) is 24.5. The molecule has 0 bridgehead atoms. The molecule has 9 heteroatoms. The van der Waals surface area contributed by atoms with Gasteiger partial charge in [0, 0.05) is 5.56 Å². The van der Waals surface area contributed by atoms with Crippen LogP contribution in [0.5, 0.6) is 5.75 Å². The van der Waals surface area contributed by atoms with Gasteiger partial charge in [0.05, 0.1) is 18.4 Å². The first kappa shape index (κ1) is 19.8. The van der Waals surface area contributed by atoms with Crippen LogP contribution in [0.2, 0.25) is 0 Å². The maximum Gasteiger partial charge on any atom is 0.259 e. The predicted molar refractivity (Wildman–Crippen MR) is 110 cm³/mol. The number of carbonyl (C=O) groups is 2. The van der Waals surface area contributed by atoms with Crippen molar-refractivity contribution in [1.82, 2.24) is 10.2 Å². The summed E-state index contributed by atoms with van der Waals surface area (Å²) < 4.78 is 5.14. The van der Waals surface area contributed by atoms with Gasteiger partial charge in [-0.1, -0.05) is 23.5 Å². The van der Waals surface area contributed by atoms with Crippen LogP contribution in [0.1, 0.15) is 17.3 Å². The highest BCUT2D eigenvalue weighted by molar-refractivity contribution is 7.18. The number of amides is 2. The maximum atomic E-state index is 12.6. The van der Waals surface area contributed by atoms with E-state index in [0.717, 1.165) is 11.3 Å². The molecule has 3 aromatic rings. The van der Waals surface area contributed by atoms with E-state index in [1.165, 1.54) is 11.3 Å². The summed E-state index contributed by atoms with van der Waals surface area (Å²) in [5.74, 6) is -0.0538. The van der Waals surface area contributed by atoms with E-state index in [4.69, 9.17) is 16.3 Å². The molecule has 1 atom stereocenters. The van der Waals surface area contributed by atoms with E-state index in [0.29, 0.717) is 21.4 Å². The smallest absolute Gasteiger partial charge is 0.259 e. The van der Waals surface area contributed by atoms with E-state index in [2.05, 4.69) is 20.8 Å². The fraction of sp³-hybridized carbons (Fsp3) is 0.158. The number of nitrogens with one attached hydrogen (secondary N) is 2. The Morgan fingerprint density at radius 1 is 1.07 bits per heavy atom. The molecule has 0 saturated carbocycles. The number of benzene rings is 2. The summed E-state index contributed by atoms with van der Waals surface area (Å²) >= 11 is 7.03. The summed E-state index contributed by atoms with van der Waals surface area (Å²) in [5.41, 5.74) is 1.54. The number of rotatable bonds is 6. The maximum absolute atomic E-state index is 12.6. The highest BCUT2D eigenvalue weighted by atomic mass is 35.5. The number of ether oxygens (including phenoxy) is 1. The van der Waals surface area contributed by atoms with Gasteiger partial charge in [-0.15, -0.1) is 21.8 Å². The first-order valence-corrected chi connectivity index (χ1v) is 9.56. The monoisotopic (exact) mass is 416 g/mol. The van der Waals surface area contributed by atoms with Gasteiger partial charge < -0.3 is 10.1 Å². The van der Waals surface area contributed by atoms with Gasteiger partial charge in [0.15, 0.2) is 0 Å². The third kappa shape index (κ3) is 4.65. The fourth-order valence-electron chi connectivity index (χ4n) is 2.31. The Morgan fingerprint density at radius 2 is 1.79 bits per heavy atom. The zero-order chi connectivity index (χ0) is 20.1. The molecule has 0 aliphatic carbocycles. The van der Waals surface area contributed by atoms with Crippen molar-refractivity contribution >= 4 is 45.6 Å². The second kappa shape index (κ2) is 8.81. The molecule has 0 unspecified atom stereocenters. The van der Waals surface area contributed by atoms with Crippen molar-refractivity contribution in [2.75, 3.05) is 17.7 Å². The quantitative estimate of drug-likeness (QED) is 0.591. The standard InChI is InChI=1S/C19H17ClN4O3S/c1-11(20)16(25)21-15-6-4-3-5-14(15)17(26)22-19-24-23-18(28-19)12-7-9-13(27-2)10-8-12/h3-11H,1-2H3,(H,21,25)(H,22,24,26)/t11-/m0/s1. The van der Waals surface area contributed by atoms with Crippen molar-refractivity contribution < 1.29 is 14.3 Å². The Bertz CT molecular complexity index is 989. The van der Waals surface area contributed by atoms with Gasteiger partial charge in [-0.25, -0.2) is 0 Å². The summed E-state index contributed by atoms with van der Waals surface area (Å²) in [6.45, 7) is 1.56. The third-order valence-electron chi connectivity index (χ3n) is 3.77. The molecule has 28 heavy (non-hydrogen) atoms. The molecule has 7 nitrogen and oxygen atoms in total. The van der Waals surface area contributed by atoms with E-state index >= 15 is 0 Å². The number of halogens is 1. The molecule has 0 aliphatic rings. The minimum atomic E-state index is -0.716. The number of hydrogen-bond donors (Lipinski definition) is 2. The molecule has 0 fully saturated rings. The number of nitrogens with zero attached hydrogens (tertiary/aromatic N) is 2. The molecule has 0 aliphatic heterocycles. The molecule has 3 rings (SSSR count). The molecular weight excluding hydrogens is 400 g/mol. The Balaban J connectivity index is 1.75. The molecule has 0 radical (unpaired) electrons. The van der Waals surface area contributed by atoms with Crippen LogP contribution in [0.15, 0.2) is 48.5 Å². The largest absolute Gasteiger partial charge is 0.497 e. The lowest BCUT2D eigenvalue weighted by Gasteiger charge is -2.11. The lowest BCUT2D eigenvalue weighted by atomic mass is 10.1. The average molecular weight is 417 g/mol. The van der Waals surface area contributed by atoms with Gasteiger partial charge in [0.1, 0.15) is 16.1 Å². The van der Waals surface area contributed by atoms with Crippen LogP contribution in [0, 0.1) is 0 Å². The van der Waals surface area contributed by atoms with Gasteiger partial charge in [-0.3, -0.25) is 14.9 Å². The van der Waals surface area contributed by atoms with Crippen LogP contribution in [-0.2, 0) is 4.79 Å². The van der Waals surface area contributed by atoms with Crippen LogP contribution in [-0.4, -0.2) is 34.5 Å². The number of para-hydroxylation sites is 1. The molecule has 1 heterocycles. The SMILES string of the molecule is COc1ccc(-c2nnc(NC(=O)c3ccccc3NC(=O)[C@H](C)Cl)s2)cc1. The minimum absolute atomic E-state index is 0.300. The minimum Gasteiger partial charge on any atom is -0.497 e. The van der Waals surface area contributed by atoms with Gasteiger partial charge in [-0.05, 0) is 43.3 Å². The van der Waals surface area contributed by atoms with E-state index in [1.807, 2.05) is 24.3 Å². The number of hydrogen-bond acceptors (Lipinski definition) is 6. The van der Waals surface area contributed by atoms with Gasteiger partial charge in [-0.2, -0.15) is 0 Å². The zero-order valence-corrected chi connectivity index (χ0v) is 16.7. The number of alkyl halides is 1. The van der Waals surface area contributed by atoms with Crippen molar-refractivity contribution in [1.29, 1.82) is 0 Å². The topological polar surface area (TPSA) is 93.2 Å². The predicted octanol–water partition coefficient (Wildman–Crippen LogP) is 4.03. The Morgan fingerprint density at radius 3 is 2.46 bits per heavy atom.